The molecule has 1 unspecified atom stereocenters. The van der Waals surface area contributed by atoms with Crippen LogP contribution in [0.25, 0.3) is 10.2 Å². The quantitative estimate of drug-likeness (QED) is 0.487. The van der Waals surface area contributed by atoms with Crippen molar-refractivity contribution in [2.45, 2.75) is 30.3 Å². The molecule has 0 aliphatic carbocycles. The molecular formula is C22H24ClN3O5S2. The number of halogens is 1. The first-order chi connectivity index (χ1) is 15.8. The molecule has 1 amide bonds. The van der Waals surface area contributed by atoms with Crippen LogP contribution < -0.4 is 9.54 Å². The van der Waals surface area contributed by atoms with Gasteiger partial charge in [-0.1, -0.05) is 22.9 Å². The highest BCUT2D eigenvalue weighted by atomic mass is 35.5. The van der Waals surface area contributed by atoms with E-state index in [1.165, 1.54) is 34.9 Å². The van der Waals surface area contributed by atoms with E-state index in [-0.39, 0.29) is 11.4 Å². The number of aromatic nitrogens is 1. The molecule has 0 bridgehead atoms. The van der Waals surface area contributed by atoms with Crippen LogP contribution in [0.15, 0.2) is 52.4 Å². The van der Waals surface area contributed by atoms with Crippen molar-refractivity contribution < 1.29 is 22.7 Å². The Balaban J connectivity index is 1.69. The summed E-state index contributed by atoms with van der Waals surface area (Å²) < 4.78 is 40.8. The van der Waals surface area contributed by atoms with Gasteiger partial charge in [-0.2, -0.15) is 9.30 Å². The second-order valence-electron chi connectivity index (χ2n) is 7.54. The Hall–Kier alpha value is -2.24. The molecule has 2 heterocycles. The van der Waals surface area contributed by atoms with Crippen molar-refractivity contribution in [1.82, 2.24) is 8.87 Å². The van der Waals surface area contributed by atoms with E-state index in [1.807, 2.05) is 16.7 Å². The number of hydrogen-bond acceptors (Lipinski definition) is 6. The van der Waals surface area contributed by atoms with Crippen molar-refractivity contribution in [3.05, 3.63) is 52.3 Å². The number of nitrogens with zero attached hydrogens (tertiary/aromatic N) is 3. The molecule has 0 spiro atoms. The zero-order valence-corrected chi connectivity index (χ0v) is 20.6. The van der Waals surface area contributed by atoms with Gasteiger partial charge in [0, 0.05) is 25.2 Å². The van der Waals surface area contributed by atoms with E-state index < -0.39 is 22.0 Å². The minimum atomic E-state index is -3.85. The number of ether oxygens (including phenoxy) is 2. The predicted octanol–water partition coefficient (Wildman–Crippen LogP) is 3.29. The van der Waals surface area contributed by atoms with Gasteiger partial charge in [0.05, 0.1) is 28.8 Å². The third-order valence-corrected chi connectivity index (χ3v) is 8.72. The standard InChI is InChI=1S/C22H24ClN3O5S2/c1-30-13-12-25-18-10-5-15(23)14-20(18)32-22(25)24-21(27)19-4-3-11-26(19)33(28,29)17-8-6-16(31-2)7-9-17/h5-10,14,19H,3-4,11-13H2,1-2H3. The summed E-state index contributed by atoms with van der Waals surface area (Å²) in [5.41, 5.74) is 0.891. The molecule has 1 fully saturated rings. The molecule has 4 rings (SSSR count). The number of rotatable bonds is 7. The van der Waals surface area contributed by atoms with Crippen LogP contribution in [0.2, 0.25) is 5.02 Å². The molecule has 33 heavy (non-hydrogen) atoms. The van der Waals surface area contributed by atoms with Crippen LogP contribution in [-0.2, 0) is 26.1 Å². The van der Waals surface area contributed by atoms with Crippen LogP contribution in [0.5, 0.6) is 5.75 Å². The lowest BCUT2D eigenvalue weighted by Crippen LogP contribution is -2.40. The van der Waals surface area contributed by atoms with Crippen LogP contribution >= 0.6 is 22.9 Å². The van der Waals surface area contributed by atoms with Crippen LogP contribution in [-0.4, -0.2) is 56.6 Å². The molecule has 176 valence electrons. The van der Waals surface area contributed by atoms with Gasteiger partial charge in [-0.25, -0.2) is 8.42 Å². The van der Waals surface area contributed by atoms with Gasteiger partial charge in [0.1, 0.15) is 11.8 Å². The van der Waals surface area contributed by atoms with Crippen molar-refractivity contribution >= 4 is 49.1 Å². The first kappa shape index (κ1) is 23.9. The number of carbonyl (C=O) groups is 1. The van der Waals surface area contributed by atoms with Crippen LogP contribution in [0.1, 0.15) is 12.8 Å². The van der Waals surface area contributed by atoms with Crippen molar-refractivity contribution in [1.29, 1.82) is 0 Å². The van der Waals surface area contributed by atoms with E-state index in [2.05, 4.69) is 4.99 Å². The molecule has 3 aromatic rings. The van der Waals surface area contributed by atoms with Crippen molar-refractivity contribution in [3.8, 4) is 5.75 Å². The first-order valence-corrected chi connectivity index (χ1v) is 13.0. The van der Waals surface area contributed by atoms with E-state index in [9.17, 15) is 13.2 Å². The van der Waals surface area contributed by atoms with Gasteiger partial charge < -0.3 is 14.0 Å². The van der Waals surface area contributed by atoms with Gasteiger partial charge in [-0.3, -0.25) is 4.79 Å². The topological polar surface area (TPSA) is 90.2 Å². The average molecular weight is 510 g/mol. The fraction of sp³-hybridized carbons (Fsp3) is 0.364. The predicted molar refractivity (Wildman–Crippen MR) is 127 cm³/mol. The largest absolute Gasteiger partial charge is 0.497 e. The van der Waals surface area contributed by atoms with Gasteiger partial charge >= 0.3 is 0 Å². The van der Waals surface area contributed by atoms with Gasteiger partial charge in [0.2, 0.25) is 10.0 Å². The maximum absolute atomic E-state index is 13.2. The highest BCUT2D eigenvalue weighted by Gasteiger charge is 2.39. The summed E-state index contributed by atoms with van der Waals surface area (Å²) in [5, 5.41) is 0.591. The molecule has 11 heteroatoms. The smallest absolute Gasteiger partial charge is 0.266 e. The SMILES string of the molecule is COCCn1c(=NC(=O)C2CCCN2S(=O)(=O)c2ccc(OC)cc2)sc2cc(Cl)ccc21. The Morgan fingerprint density at radius 1 is 1.21 bits per heavy atom. The lowest BCUT2D eigenvalue weighted by atomic mass is 10.2. The number of amides is 1. The average Bonchev–Trinajstić information content (AvgIpc) is 3.43. The van der Waals surface area contributed by atoms with Gasteiger partial charge in [0.25, 0.3) is 5.91 Å². The second-order valence-corrected chi connectivity index (χ2v) is 10.9. The monoisotopic (exact) mass is 509 g/mol. The summed E-state index contributed by atoms with van der Waals surface area (Å²) in [6.45, 7) is 1.21. The first-order valence-electron chi connectivity index (χ1n) is 10.4. The molecule has 0 N–H and O–H groups in total. The number of carbonyl (C=O) groups excluding carboxylic acids is 1. The zero-order valence-electron chi connectivity index (χ0n) is 18.2. The second kappa shape index (κ2) is 9.94. The number of sulfonamides is 1. The number of benzene rings is 2. The van der Waals surface area contributed by atoms with Gasteiger partial charge in [-0.15, -0.1) is 0 Å². The normalized spacial score (nSPS) is 17.7. The van der Waals surface area contributed by atoms with E-state index >= 15 is 0 Å². The highest BCUT2D eigenvalue weighted by Crippen LogP contribution is 2.28. The number of hydrogen-bond donors (Lipinski definition) is 0. The lowest BCUT2D eigenvalue weighted by Gasteiger charge is -2.21. The highest BCUT2D eigenvalue weighted by molar-refractivity contribution is 7.89. The van der Waals surface area contributed by atoms with Crippen LogP contribution in [0.3, 0.4) is 0 Å². The Morgan fingerprint density at radius 3 is 2.67 bits per heavy atom. The van der Waals surface area contributed by atoms with Gasteiger partial charge in [-0.05, 0) is 55.3 Å². The molecule has 1 aromatic heterocycles. The third kappa shape index (κ3) is 4.85. The fourth-order valence-electron chi connectivity index (χ4n) is 3.86. The van der Waals surface area contributed by atoms with E-state index in [4.69, 9.17) is 21.1 Å². The summed E-state index contributed by atoms with van der Waals surface area (Å²) in [7, 11) is -0.728. The Morgan fingerprint density at radius 2 is 1.97 bits per heavy atom. The molecular weight excluding hydrogens is 486 g/mol. The van der Waals surface area contributed by atoms with Gasteiger partial charge in [0.15, 0.2) is 4.80 Å². The maximum atomic E-state index is 13.2. The Kier molecular flexibility index (Phi) is 7.20. The van der Waals surface area contributed by atoms with Crippen LogP contribution in [0.4, 0.5) is 0 Å². The summed E-state index contributed by atoms with van der Waals surface area (Å²) in [4.78, 5) is 18.2. The number of methoxy groups -OCH3 is 2. The van der Waals surface area contributed by atoms with E-state index in [0.29, 0.717) is 41.6 Å². The van der Waals surface area contributed by atoms with E-state index in [1.54, 1.807) is 25.3 Å². The summed E-state index contributed by atoms with van der Waals surface area (Å²) >= 11 is 7.47. The maximum Gasteiger partial charge on any atom is 0.266 e. The van der Waals surface area contributed by atoms with E-state index in [0.717, 1.165) is 10.2 Å². The third-order valence-electron chi connectivity index (χ3n) is 5.52. The molecule has 1 aliphatic heterocycles. The van der Waals surface area contributed by atoms with Crippen molar-refractivity contribution in [3.63, 3.8) is 0 Å². The number of thiazole rings is 1. The minimum absolute atomic E-state index is 0.120. The lowest BCUT2D eigenvalue weighted by molar-refractivity contribution is -0.121. The fourth-order valence-corrected chi connectivity index (χ4v) is 6.85. The molecule has 2 aromatic carbocycles. The molecule has 8 nitrogen and oxygen atoms in total. The molecule has 1 aliphatic rings. The zero-order chi connectivity index (χ0) is 23.6. The minimum Gasteiger partial charge on any atom is -0.497 e. The summed E-state index contributed by atoms with van der Waals surface area (Å²) in [6, 6.07) is 10.8. The van der Waals surface area contributed by atoms with Crippen molar-refractivity contribution in [2.75, 3.05) is 27.4 Å². The summed E-state index contributed by atoms with van der Waals surface area (Å²) in [6.07, 6.45) is 1.01. The van der Waals surface area contributed by atoms with Crippen molar-refractivity contribution in [2.24, 2.45) is 4.99 Å². The molecule has 0 saturated carbocycles. The Bertz CT molecular complexity index is 1330. The van der Waals surface area contributed by atoms with Crippen LogP contribution in [0, 0.1) is 0 Å². The Labute approximate surface area is 201 Å². The molecule has 1 saturated heterocycles. The number of fused-ring (bicyclic) bond motifs is 1. The molecule has 0 radical (unpaired) electrons. The summed E-state index contributed by atoms with van der Waals surface area (Å²) in [5.74, 6) is 0.0804. The molecule has 1 atom stereocenters.